The van der Waals surface area contributed by atoms with Crippen molar-refractivity contribution in [2.75, 3.05) is 19.4 Å². The van der Waals surface area contributed by atoms with Crippen molar-refractivity contribution in [2.45, 2.75) is 6.92 Å². The molecule has 2 amide bonds. The minimum atomic E-state index is -0.192. The van der Waals surface area contributed by atoms with Gasteiger partial charge in [0.25, 0.3) is 0 Å². The monoisotopic (exact) mass is 306 g/mol. The molecule has 0 saturated heterocycles. The summed E-state index contributed by atoms with van der Waals surface area (Å²) in [4.78, 5) is 13.0. The lowest BCUT2D eigenvalue weighted by molar-refractivity contribution is 0.230. The maximum atomic E-state index is 11.5. The van der Waals surface area contributed by atoms with Crippen LogP contribution in [0.4, 0.5) is 10.5 Å². The van der Waals surface area contributed by atoms with E-state index < -0.39 is 0 Å². The fourth-order valence-corrected chi connectivity index (χ4v) is 1.55. The number of amides is 2. The van der Waals surface area contributed by atoms with E-state index in [1.54, 1.807) is 44.4 Å². The van der Waals surface area contributed by atoms with Crippen molar-refractivity contribution in [3.8, 4) is 11.6 Å². The summed E-state index contributed by atoms with van der Waals surface area (Å²) < 4.78 is 5.57. The molecule has 6 nitrogen and oxygen atoms in total. The van der Waals surface area contributed by atoms with E-state index >= 15 is 0 Å². The summed E-state index contributed by atoms with van der Waals surface area (Å²) in [6, 6.07) is 8.47. The number of benzene rings is 1. The highest BCUT2D eigenvalue weighted by molar-refractivity contribution is 6.30. The summed E-state index contributed by atoms with van der Waals surface area (Å²) >= 11 is 5.81. The van der Waals surface area contributed by atoms with Crippen LogP contribution in [0.1, 0.15) is 5.56 Å². The normalized spacial score (nSPS) is 10.1. The number of aromatic nitrogens is 2. The second-order valence-electron chi connectivity index (χ2n) is 4.61. The zero-order valence-electron chi connectivity index (χ0n) is 11.9. The molecule has 0 saturated carbocycles. The molecule has 1 heterocycles. The van der Waals surface area contributed by atoms with Gasteiger partial charge in [-0.1, -0.05) is 11.6 Å². The van der Waals surface area contributed by atoms with Gasteiger partial charge in [-0.15, -0.1) is 10.2 Å². The predicted molar refractivity (Wildman–Crippen MR) is 81.0 cm³/mol. The van der Waals surface area contributed by atoms with Crippen LogP contribution in [0.2, 0.25) is 5.15 Å². The van der Waals surface area contributed by atoms with Crippen molar-refractivity contribution < 1.29 is 9.53 Å². The molecule has 2 aromatic rings. The molecule has 0 aliphatic rings. The molecule has 0 unspecified atom stereocenters. The molecule has 0 aliphatic carbocycles. The van der Waals surface area contributed by atoms with E-state index in [1.165, 1.54) is 4.90 Å². The summed E-state index contributed by atoms with van der Waals surface area (Å²) in [6.45, 7) is 1.82. The van der Waals surface area contributed by atoms with E-state index in [2.05, 4.69) is 15.5 Å². The lowest BCUT2D eigenvalue weighted by Crippen LogP contribution is -2.27. The Morgan fingerprint density at radius 2 is 1.90 bits per heavy atom. The van der Waals surface area contributed by atoms with Crippen LogP contribution in [0.25, 0.3) is 0 Å². The Bertz CT molecular complexity index is 644. The number of hydrogen-bond donors (Lipinski definition) is 1. The van der Waals surface area contributed by atoms with Gasteiger partial charge in [0.2, 0.25) is 5.88 Å². The number of nitrogens with one attached hydrogen (secondary N) is 1. The molecule has 0 bridgehead atoms. The maximum absolute atomic E-state index is 11.5. The standard InChI is InChI=1S/C14H15ClN4O2/c1-9-8-12(17-18-13(9)15)21-11-6-4-10(5-7-11)16-14(20)19(2)3/h4-8H,1-3H3,(H,16,20). The van der Waals surface area contributed by atoms with Crippen LogP contribution in [0, 0.1) is 6.92 Å². The van der Waals surface area contributed by atoms with E-state index in [9.17, 15) is 4.79 Å². The molecule has 0 atom stereocenters. The average Bonchev–Trinajstić information content (AvgIpc) is 2.45. The number of rotatable bonds is 3. The van der Waals surface area contributed by atoms with E-state index in [4.69, 9.17) is 16.3 Å². The largest absolute Gasteiger partial charge is 0.438 e. The van der Waals surface area contributed by atoms with Crippen LogP contribution in [0.15, 0.2) is 30.3 Å². The van der Waals surface area contributed by atoms with E-state index in [1.807, 2.05) is 6.92 Å². The van der Waals surface area contributed by atoms with Gasteiger partial charge in [0.1, 0.15) is 5.75 Å². The van der Waals surface area contributed by atoms with Gasteiger partial charge in [-0.2, -0.15) is 0 Å². The highest BCUT2D eigenvalue weighted by Crippen LogP contribution is 2.23. The van der Waals surface area contributed by atoms with Crippen molar-refractivity contribution in [2.24, 2.45) is 0 Å². The van der Waals surface area contributed by atoms with Crippen molar-refractivity contribution in [1.82, 2.24) is 15.1 Å². The Morgan fingerprint density at radius 1 is 1.24 bits per heavy atom. The highest BCUT2D eigenvalue weighted by atomic mass is 35.5. The Morgan fingerprint density at radius 3 is 2.48 bits per heavy atom. The van der Waals surface area contributed by atoms with Gasteiger partial charge in [-0.3, -0.25) is 0 Å². The molecule has 1 aromatic heterocycles. The molecule has 1 N–H and O–H groups in total. The molecule has 0 fully saturated rings. The minimum absolute atomic E-state index is 0.192. The van der Waals surface area contributed by atoms with Gasteiger partial charge < -0.3 is 15.0 Å². The van der Waals surface area contributed by atoms with Crippen molar-refractivity contribution in [3.05, 3.63) is 41.0 Å². The van der Waals surface area contributed by atoms with Crippen LogP contribution in [-0.4, -0.2) is 35.2 Å². The van der Waals surface area contributed by atoms with E-state index in [0.29, 0.717) is 22.5 Å². The van der Waals surface area contributed by atoms with Gasteiger partial charge in [-0.25, -0.2) is 4.79 Å². The van der Waals surface area contributed by atoms with Gasteiger partial charge in [-0.05, 0) is 36.8 Å². The van der Waals surface area contributed by atoms with Crippen LogP contribution in [0.3, 0.4) is 0 Å². The van der Waals surface area contributed by atoms with E-state index in [0.717, 1.165) is 5.56 Å². The number of carbonyl (C=O) groups excluding carboxylic acids is 1. The van der Waals surface area contributed by atoms with E-state index in [-0.39, 0.29) is 6.03 Å². The zero-order valence-corrected chi connectivity index (χ0v) is 12.7. The Labute approximate surface area is 127 Å². The molecule has 1 aromatic carbocycles. The second-order valence-corrected chi connectivity index (χ2v) is 4.97. The number of nitrogens with zero attached hydrogens (tertiary/aromatic N) is 3. The minimum Gasteiger partial charge on any atom is -0.438 e. The highest BCUT2D eigenvalue weighted by Gasteiger charge is 2.06. The molecule has 7 heteroatoms. The summed E-state index contributed by atoms with van der Waals surface area (Å²) in [5.74, 6) is 0.954. The number of carbonyl (C=O) groups is 1. The third-order valence-corrected chi connectivity index (χ3v) is 3.01. The molecular formula is C14H15ClN4O2. The fraction of sp³-hybridized carbons (Fsp3) is 0.214. The van der Waals surface area contributed by atoms with Crippen molar-refractivity contribution >= 4 is 23.3 Å². The summed E-state index contributed by atoms with van der Waals surface area (Å²) in [5.41, 5.74) is 1.47. The molecule has 0 spiro atoms. The number of aryl methyl sites for hydroxylation is 1. The van der Waals surface area contributed by atoms with Crippen molar-refractivity contribution in [1.29, 1.82) is 0 Å². The Balaban J connectivity index is 2.05. The second kappa shape index (κ2) is 6.41. The maximum Gasteiger partial charge on any atom is 0.321 e. The van der Waals surface area contributed by atoms with Gasteiger partial charge in [0.05, 0.1) is 0 Å². The number of anilines is 1. The number of urea groups is 1. The van der Waals surface area contributed by atoms with Crippen LogP contribution in [0.5, 0.6) is 11.6 Å². The first-order chi connectivity index (χ1) is 9.95. The Kier molecular flexibility index (Phi) is 4.59. The van der Waals surface area contributed by atoms with Gasteiger partial charge in [0, 0.05) is 25.8 Å². The third kappa shape index (κ3) is 4.06. The number of ether oxygens (including phenoxy) is 1. The first kappa shape index (κ1) is 15.1. The summed E-state index contributed by atoms with van der Waals surface area (Å²) in [6.07, 6.45) is 0. The average molecular weight is 307 g/mol. The lowest BCUT2D eigenvalue weighted by atomic mass is 10.3. The van der Waals surface area contributed by atoms with Crippen LogP contribution in [-0.2, 0) is 0 Å². The first-order valence-corrected chi connectivity index (χ1v) is 6.59. The van der Waals surface area contributed by atoms with Gasteiger partial charge >= 0.3 is 6.03 Å². The smallest absolute Gasteiger partial charge is 0.321 e. The number of hydrogen-bond acceptors (Lipinski definition) is 4. The summed E-state index contributed by atoms with van der Waals surface area (Å²) in [7, 11) is 3.35. The van der Waals surface area contributed by atoms with Gasteiger partial charge in [0.15, 0.2) is 5.15 Å². The van der Waals surface area contributed by atoms with Crippen molar-refractivity contribution in [3.63, 3.8) is 0 Å². The molecular weight excluding hydrogens is 292 g/mol. The molecule has 2 rings (SSSR count). The topological polar surface area (TPSA) is 67.3 Å². The molecule has 0 aliphatic heterocycles. The number of halogens is 1. The predicted octanol–water partition coefficient (Wildman–Crippen LogP) is 3.32. The Hall–Kier alpha value is -2.34. The molecule has 21 heavy (non-hydrogen) atoms. The lowest BCUT2D eigenvalue weighted by Gasteiger charge is -2.12. The zero-order chi connectivity index (χ0) is 15.4. The third-order valence-electron chi connectivity index (χ3n) is 2.64. The molecule has 0 radical (unpaired) electrons. The van der Waals surface area contributed by atoms with Crippen LogP contribution >= 0.6 is 11.6 Å². The fourth-order valence-electron chi connectivity index (χ4n) is 1.46. The first-order valence-electron chi connectivity index (χ1n) is 6.22. The summed E-state index contributed by atoms with van der Waals surface area (Å²) in [5, 5.41) is 10.7. The SMILES string of the molecule is Cc1cc(Oc2ccc(NC(=O)N(C)C)cc2)nnc1Cl. The quantitative estimate of drug-likeness (QED) is 0.944. The molecule has 110 valence electrons. The van der Waals surface area contributed by atoms with Crippen LogP contribution < -0.4 is 10.1 Å².